The Balaban J connectivity index is 2.60. The van der Waals surface area contributed by atoms with Crippen molar-refractivity contribution in [2.75, 3.05) is 7.11 Å². The third-order valence-electron chi connectivity index (χ3n) is 3.96. The Bertz CT molecular complexity index is 380. The fraction of sp³-hybridized carbons (Fsp3) is 0.750. The van der Waals surface area contributed by atoms with E-state index in [1.165, 1.54) is 7.11 Å². The van der Waals surface area contributed by atoms with Crippen LogP contribution in [0.1, 0.15) is 33.6 Å². The lowest BCUT2D eigenvalue weighted by Gasteiger charge is -2.52. The molecule has 18 heavy (non-hydrogen) atoms. The lowest BCUT2D eigenvalue weighted by atomic mass is 9.52. The maximum Gasteiger partial charge on any atom is 0.305 e. The number of ether oxygens (including phenoxy) is 1. The smallest absolute Gasteiger partial charge is 0.305 e. The molecular weight excluding hydrogens is 250 g/mol. The first kappa shape index (κ1) is 14.9. The van der Waals surface area contributed by atoms with Crippen molar-refractivity contribution in [2.24, 2.45) is 28.1 Å². The Morgan fingerprint density at radius 1 is 1.61 bits per heavy atom. The molecule has 0 bridgehead atoms. The largest absolute Gasteiger partial charge is 0.469 e. The van der Waals surface area contributed by atoms with Crippen LogP contribution in [0.5, 0.6) is 0 Å². The molecule has 0 aromatic rings. The fourth-order valence-electron chi connectivity index (χ4n) is 2.58. The molecule has 1 fully saturated rings. The number of hydrogen-bond acceptors (Lipinski definition) is 4. The van der Waals surface area contributed by atoms with E-state index in [4.69, 9.17) is 22.7 Å². The molecule has 0 aliphatic heterocycles. The van der Waals surface area contributed by atoms with Crippen molar-refractivity contribution >= 4 is 29.0 Å². The van der Waals surface area contributed by atoms with Gasteiger partial charge in [-0.1, -0.05) is 13.8 Å². The van der Waals surface area contributed by atoms with E-state index in [0.29, 0.717) is 18.3 Å². The van der Waals surface area contributed by atoms with Gasteiger partial charge in [-0.15, -0.1) is 0 Å². The maximum atomic E-state index is 11.3. The van der Waals surface area contributed by atoms with Crippen molar-refractivity contribution < 1.29 is 9.53 Å². The molecule has 0 saturated heterocycles. The number of methoxy groups -OCH3 is 1. The van der Waals surface area contributed by atoms with Gasteiger partial charge in [0.2, 0.25) is 0 Å². The zero-order chi connectivity index (χ0) is 13.9. The highest BCUT2D eigenvalue weighted by molar-refractivity contribution is 7.80. The van der Waals surface area contributed by atoms with Gasteiger partial charge in [0.1, 0.15) is 0 Å². The van der Waals surface area contributed by atoms with Crippen LogP contribution in [0, 0.1) is 17.3 Å². The van der Waals surface area contributed by atoms with Crippen molar-refractivity contribution in [3.63, 3.8) is 0 Å². The lowest BCUT2D eigenvalue weighted by Crippen LogP contribution is -2.49. The van der Waals surface area contributed by atoms with Gasteiger partial charge in [-0.3, -0.25) is 10.2 Å². The quantitative estimate of drug-likeness (QED) is 0.350. The van der Waals surface area contributed by atoms with Crippen LogP contribution in [0.4, 0.5) is 0 Å². The summed E-state index contributed by atoms with van der Waals surface area (Å²) < 4.78 is 4.71. The Morgan fingerprint density at radius 3 is 2.67 bits per heavy atom. The molecule has 0 aromatic carbocycles. The number of carbonyl (C=O) groups excluding carboxylic acids is 1. The molecule has 5 nitrogen and oxygen atoms in total. The van der Waals surface area contributed by atoms with E-state index in [2.05, 4.69) is 24.4 Å². The Morgan fingerprint density at radius 2 is 2.22 bits per heavy atom. The van der Waals surface area contributed by atoms with Gasteiger partial charge < -0.3 is 10.5 Å². The summed E-state index contributed by atoms with van der Waals surface area (Å²) in [7, 11) is 1.42. The van der Waals surface area contributed by atoms with Gasteiger partial charge in [-0.2, -0.15) is 5.10 Å². The third-order valence-corrected chi connectivity index (χ3v) is 4.05. The van der Waals surface area contributed by atoms with Crippen molar-refractivity contribution in [1.82, 2.24) is 5.43 Å². The van der Waals surface area contributed by atoms with Crippen LogP contribution in [-0.4, -0.2) is 23.9 Å². The van der Waals surface area contributed by atoms with E-state index >= 15 is 0 Å². The minimum Gasteiger partial charge on any atom is -0.469 e. The number of hydrogen-bond donors (Lipinski definition) is 2. The van der Waals surface area contributed by atoms with Gasteiger partial charge in [-0.05, 0) is 36.9 Å². The molecule has 0 aromatic heterocycles. The second-order valence-electron chi connectivity index (χ2n) is 5.32. The van der Waals surface area contributed by atoms with E-state index < -0.39 is 0 Å². The number of nitrogens with two attached hydrogens (primary N) is 1. The normalized spacial score (nSPS) is 26.1. The highest BCUT2D eigenvalue weighted by atomic mass is 32.1. The van der Waals surface area contributed by atoms with Crippen molar-refractivity contribution in [2.45, 2.75) is 33.6 Å². The van der Waals surface area contributed by atoms with E-state index in [0.717, 1.165) is 12.1 Å². The zero-order valence-electron chi connectivity index (χ0n) is 11.3. The number of nitrogens with one attached hydrogen (secondary N) is 1. The van der Waals surface area contributed by atoms with E-state index in [9.17, 15) is 4.79 Å². The molecular formula is C12H21N3O2S. The monoisotopic (exact) mass is 271 g/mol. The number of carbonyl (C=O) groups is 1. The maximum absolute atomic E-state index is 11.3. The Hall–Kier alpha value is -1.17. The van der Waals surface area contributed by atoms with E-state index in [1.807, 2.05) is 6.92 Å². The first-order valence-corrected chi connectivity index (χ1v) is 6.36. The van der Waals surface area contributed by atoms with Crippen molar-refractivity contribution in [3.05, 3.63) is 0 Å². The predicted octanol–water partition coefficient (Wildman–Crippen LogP) is 1.42. The summed E-state index contributed by atoms with van der Waals surface area (Å²) in [6, 6.07) is 0. The Kier molecular flexibility index (Phi) is 4.67. The summed E-state index contributed by atoms with van der Waals surface area (Å²) in [6.07, 6.45) is 1.41. The molecule has 1 aliphatic rings. The second-order valence-corrected chi connectivity index (χ2v) is 5.76. The summed E-state index contributed by atoms with van der Waals surface area (Å²) in [5.74, 6) is 0.529. The number of hydrazone groups is 1. The van der Waals surface area contributed by atoms with Crippen LogP contribution < -0.4 is 11.2 Å². The first-order valence-electron chi connectivity index (χ1n) is 5.95. The highest BCUT2D eigenvalue weighted by Crippen LogP contribution is 2.53. The average molecular weight is 271 g/mol. The van der Waals surface area contributed by atoms with Crippen LogP contribution in [0.2, 0.25) is 0 Å². The van der Waals surface area contributed by atoms with Crippen molar-refractivity contribution in [3.8, 4) is 0 Å². The fourth-order valence-corrected chi connectivity index (χ4v) is 2.62. The lowest BCUT2D eigenvalue weighted by molar-refractivity contribution is -0.145. The van der Waals surface area contributed by atoms with Crippen molar-refractivity contribution in [1.29, 1.82) is 0 Å². The summed E-state index contributed by atoms with van der Waals surface area (Å²) in [5, 5.41) is 4.32. The zero-order valence-corrected chi connectivity index (χ0v) is 12.1. The summed E-state index contributed by atoms with van der Waals surface area (Å²) >= 11 is 4.71. The van der Waals surface area contributed by atoms with Gasteiger partial charge in [0.25, 0.3) is 0 Å². The molecule has 0 radical (unpaired) electrons. The Labute approximate surface area is 113 Å². The van der Waals surface area contributed by atoms with Crippen LogP contribution in [0.15, 0.2) is 5.10 Å². The standard InChI is InChI=1S/C12H21N3O2S/c1-7(14-15-11(13)18)9-5-8(12(9,2)3)6-10(16)17-4/h8-9H,5-6H2,1-4H3,(H3,13,15,18)/b14-7+/t8-,9+/m1/s1. The number of nitrogens with zero attached hydrogens (tertiary/aromatic N) is 1. The minimum absolute atomic E-state index is 0.0413. The molecule has 0 spiro atoms. The molecule has 0 unspecified atom stereocenters. The SMILES string of the molecule is COC(=O)C[C@H]1C[C@@H](/C(C)=N/NC(N)=S)C1(C)C. The van der Waals surface area contributed by atoms with Crippen LogP contribution in [-0.2, 0) is 9.53 Å². The van der Waals surface area contributed by atoms with Gasteiger partial charge >= 0.3 is 5.97 Å². The van der Waals surface area contributed by atoms with Gasteiger partial charge in [-0.25, -0.2) is 0 Å². The molecule has 0 amide bonds. The summed E-state index contributed by atoms with van der Waals surface area (Å²) in [6.45, 7) is 6.25. The average Bonchev–Trinajstić information content (AvgIpc) is 2.30. The summed E-state index contributed by atoms with van der Waals surface area (Å²) in [5.41, 5.74) is 8.94. The minimum atomic E-state index is -0.151. The van der Waals surface area contributed by atoms with Crippen LogP contribution in [0.25, 0.3) is 0 Å². The second kappa shape index (κ2) is 5.65. The van der Waals surface area contributed by atoms with Gasteiger partial charge in [0, 0.05) is 18.1 Å². The molecule has 1 rings (SSSR count). The van der Waals surface area contributed by atoms with E-state index in [1.54, 1.807) is 0 Å². The molecule has 102 valence electrons. The molecule has 2 atom stereocenters. The third kappa shape index (κ3) is 3.19. The molecule has 1 aliphatic carbocycles. The number of thiocarbonyl (C=S) groups is 1. The molecule has 3 N–H and O–H groups in total. The van der Waals surface area contributed by atoms with Crippen LogP contribution >= 0.6 is 12.2 Å². The molecule has 0 heterocycles. The first-order chi connectivity index (χ1) is 8.28. The molecule has 1 saturated carbocycles. The molecule has 6 heteroatoms. The summed E-state index contributed by atoms with van der Waals surface area (Å²) in [4.78, 5) is 11.3. The van der Waals surface area contributed by atoms with E-state index in [-0.39, 0.29) is 16.5 Å². The highest BCUT2D eigenvalue weighted by Gasteiger charge is 2.49. The van der Waals surface area contributed by atoms with Gasteiger partial charge in [0.05, 0.1) is 7.11 Å². The number of esters is 1. The van der Waals surface area contributed by atoms with Crippen LogP contribution in [0.3, 0.4) is 0 Å². The van der Waals surface area contributed by atoms with Gasteiger partial charge in [0.15, 0.2) is 5.11 Å². The topological polar surface area (TPSA) is 76.7 Å². The number of rotatable bonds is 4. The predicted molar refractivity (Wildman–Crippen MR) is 75.0 cm³/mol.